The summed E-state index contributed by atoms with van der Waals surface area (Å²) in [7, 11) is 0. The van der Waals surface area contributed by atoms with Gasteiger partial charge >= 0.3 is 0 Å². The highest BCUT2D eigenvalue weighted by molar-refractivity contribution is 5.27. The maximum absolute atomic E-state index is 4.17. The molecule has 15 heavy (non-hydrogen) atoms. The molecule has 1 N–H and O–H groups in total. The highest BCUT2D eigenvalue weighted by Gasteiger charge is 2.20. The fourth-order valence-corrected chi connectivity index (χ4v) is 2.16. The van der Waals surface area contributed by atoms with Crippen molar-refractivity contribution in [3.8, 4) is 0 Å². The smallest absolute Gasteiger partial charge is 0.0746 e. The van der Waals surface area contributed by atoms with Crippen LogP contribution in [-0.4, -0.2) is 16.1 Å². The van der Waals surface area contributed by atoms with Gasteiger partial charge in [-0.15, -0.1) is 0 Å². The molecule has 2 aromatic heterocycles. The molecule has 0 spiro atoms. The Kier molecular flexibility index (Phi) is 2.03. The Morgan fingerprint density at radius 2 is 2.33 bits per heavy atom. The Balaban J connectivity index is 2.03. The van der Waals surface area contributed by atoms with Crippen molar-refractivity contribution in [2.24, 2.45) is 0 Å². The average molecular weight is 199 g/mol. The number of hydrogen-bond acceptors (Lipinski definition) is 2. The monoisotopic (exact) mass is 199 g/mol. The van der Waals surface area contributed by atoms with Crippen LogP contribution in [0.3, 0.4) is 0 Å². The molecule has 3 heteroatoms. The molecule has 0 aliphatic carbocycles. The zero-order chi connectivity index (χ0) is 10.1. The van der Waals surface area contributed by atoms with Crippen molar-refractivity contribution in [1.82, 2.24) is 14.9 Å². The minimum absolute atomic E-state index is 0.294. The number of rotatable bonds is 1. The molecular weight excluding hydrogens is 186 g/mol. The van der Waals surface area contributed by atoms with E-state index in [0.717, 1.165) is 13.1 Å². The maximum Gasteiger partial charge on any atom is 0.0746 e. The number of fused-ring (bicyclic) bond motifs is 1. The molecule has 0 amide bonds. The SMILES string of the molecule is c1cncc(C2NCCn3cccc32)c1. The van der Waals surface area contributed by atoms with Crippen molar-refractivity contribution in [3.05, 3.63) is 54.1 Å². The third kappa shape index (κ3) is 1.45. The lowest BCUT2D eigenvalue weighted by atomic mass is 10.0. The van der Waals surface area contributed by atoms with Gasteiger partial charge in [-0.3, -0.25) is 4.98 Å². The Morgan fingerprint density at radius 1 is 1.33 bits per heavy atom. The van der Waals surface area contributed by atoms with E-state index in [9.17, 15) is 0 Å². The number of nitrogens with zero attached hydrogens (tertiary/aromatic N) is 2. The molecule has 1 aliphatic rings. The summed E-state index contributed by atoms with van der Waals surface area (Å²) in [6, 6.07) is 8.67. The molecule has 0 saturated heterocycles. The lowest BCUT2D eigenvalue weighted by molar-refractivity contribution is 0.466. The molecule has 0 saturated carbocycles. The van der Waals surface area contributed by atoms with E-state index in [0.29, 0.717) is 6.04 Å². The van der Waals surface area contributed by atoms with Crippen molar-refractivity contribution in [2.45, 2.75) is 12.6 Å². The van der Waals surface area contributed by atoms with Crippen molar-refractivity contribution in [2.75, 3.05) is 6.54 Å². The maximum atomic E-state index is 4.17. The molecule has 1 aliphatic heterocycles. The van der Waals surface area contributed by atoms with Gasteiger partial charge in [-0.1, -0.05) is 6.07 Å². The first-order chi connectivity index (χ1) is 7.45. The Bertz CT molecular complexity index is 447. The van der Waals surface area contributed by atoms with E-state index < -0.39 is 0 Å². The fourth-order valence-electron chi connectivity index (χ4n) is 2.16. The summed E-state index contributed by atoms with van der Waals surface area (Å²) in [5.74, 6) is 0. The van der Waals surface area contributed by atoms with Crippen LogP contribution < -0.4 is 5.32 Å². The largest absolute Gasteiger partial charge is 0.348 e. The standard InChI is InChI=1S/C12H13N3/c1-3-10(9-13-5-1)12-11-4-2-7-15(11)8-6-14-12/h1-5,7,9,12,14H,6,8H2. The molecule has 0 aromatic carbocycles. The Hall–Kier alpha value is -1.61. The van der Waals surface area contributed by atoms with Crippen LogP contribution in [0.4, 0.5) is 0 Å². The Labute approximate surface area is 88.8 Å². The minimum Gasteiger partial charge on any atom is -0.348 e. The van der Waals surface area contributed by atoms with E-state index >= 15 is 0 Å². The van der Waals surface area contributed by atoms with Gasteiger partial charge in [0, 0.05) is 37.4 Å². The molecule has 0 bridgehead atoms. The predicted octanol–water partition coefficient (Wildman–Crippen LogP) is 1.58. The first kappa shape index (κ1) is 8.68. The van der Waals surface area contributed by atoms with E-state index in [1.54, 1.807) is 0 Å². The molecule has 3 rings (SSSR count). The van der Waals surface area contributed by atoms with Crippen molar-refractivity contribution in [3.63, 3.8) is 0 Å². The van der Waals surface area contributed by atoms with Crippen molar-refractivity contribution in [1.29, 1.82) is 0 Å². The van der Waals surface area contributed by atoms with Crippen LogP contribution in [0, 0.1) is 0 Å². The second-order valence-electron chi connectivity index (χ2n) is 3.80. The van der Waals surface area contributed by atoms with Gasteiger partial charge in [0.2, 0.25) is 0 Å². The molecule has 0 radical (unpaired) electrons. The zero-order valence-electron chi connectivity index (χ0n) is 8.43. The van der Waals surface area contributed by atoms with Gasteiger partial charge in [-0.25, -0.2) is 0 Å². The highest BCUT2D eigenvalue weighted by Crippen LogP contribution is 2.24. The highest BCUT2D eigenvalue weighted by atomic mass is 15.1. The van der Waals surface area contributed by atoms with E-state index in [4.69, 9.17) is 0 Å². The molecule has 1 unspecified atom stereocenters. The van der Waals surface area contributed by atoms with Crippen LogP contribution in [0.25, 0.3) is 0 Å². The van der Waals surface area contributed by atoms with E-state index in [2.05, 4.69) is 39.3 Å². The molecule has 3 nitrogen and oxygen atoms in total. The van der Waals surface area contributed by atoms with Crippen molar-refractivity contribution >= 4 is 0 Å². The summed E-state index contributed by atoms with van der Waals surface area (Å²) >= 11 is 0. The lowest BCUT2D eigenvalue weighted by Gasteiger charge is -2.26. The van der Waals surface area contributed by atoms with Gasteiger partial charge in [0.1, 0.15) is 0 Å². The molecule has 1 atom stereocenters. The normalized spacial score (nSPS) is 19.9. The number of aromatic nitrogens is 2. The van der Waals surface area contributed by atoms with Crippen LogP contribution in [0.15, 0.2) is 42.9 Å². The topological polar surface area (TPSA) is 29.9 Å². The van der Waals surface area contributed by atoms with Crippen LogP contribution >= 0.6 is 0 Å². The fraction of sp³-hybridized carbons (Fsp3) is 0.250. The van der Waals surface area contributed by atoms with E-state index in [-0.39, 0.29) is 0 Å². The summed E-state index contributed by atoms with van der Waals surface area (Å²) in [5, 5.41) is 3.52. The van der Waals surface area contributed by atoms with Gasteiger partial charge in [-0.05, 0) is 23.8 Å². The predicted molar refractivity (Wildman–Crippen MR) is 58.5 cm³/mol. The van der Waals surface area contributed by atoms with Gasteiger partial charge in [-0.2, -0.15) is 0 Å². The van der Waals surface area contributed by atoms with Gasteiger partial charge in [0.25, 0.3) is 0 Å². The summed E-state index contributed by atoms with van der Waals surface area (Å²) in [6.07, 6.45) is 5.88. The summed E-state index contributed by atoms with van der Waals surface area (Å²) in [6.45, 7) is 2.07. The van der Waals surface area contributed by atoms with Gasteiger partial charge in [0.15, 0.2) is 0 Å². The first-order valence-electron chi connectivity index (χ1n) is 5.23. The number of pyridine rings is 1. The van der Waals surface area contributed by atoms with E-state index in [1.807, 2.05) is 18.5 Å². The third-order valence-electron chi connectivity index (χ3n) is 2.88. The summed E-state index contributed by atoms with van der Waals surface area (Å²) in [4.78, 5) is 4.17. The van der Waals surface area contributed by atoms with Gasteiger partial charge < -0.3 is 9.88 Å². The average Bonchev–Trinajstić information content (AvgIpc) is 2.78. The van der Waals surface area contributed by atoms with Gasteiger partial charge in [0.05, 0.1) is 6.04 Å². The lowest BCUT2D eigenvalue weighted by Crippen LogP contribution is -2.33. The molecule has 76 valence electrons. The minimum atomic E-state index is 0.294. The number of hydrogen-bond donors (Lipinski definition) is 1. The second kappa shape index (κ2) is 3.51. The molecule has 2 aromatic rings. The van der Waals surface area contributed by atoms with Crippen LogP contribution in [0.1, 0.15) is 17.3 Å². The van der Waals surface area contributed by atoms with Crippen molar-refractivity contribution < 1.29 is 0 Å². The van der Waals surface area contributed by atoms with Crippen LogP contribution in [-0.2, 0) is 6.54 Å². The molecular formula is C12H13N3. The third-order valence-corrected chi connectivity index (χ3v) is 2.88. The Morgan fingerprint density at radius 3 is 3.20 bits per heavy atom. The molecule has 0 fully saturated rings. The van der Waals surface area contributed by atoms with E-state index in [1.165, 1.54) is 11.3 Å². The first-order valence-corrected chi connectivity index (χ1v) is 5.23. The molecule has 3 heterocycles. The second-order valence-corrected chi connectivity index (χ2v) is 3.80. The number of nitrogens with one attached hydrogen (secondary N) is 1. The summed E-state index contributed by atoms with van der Waals surface area (Å²) in [5.41, 5.74) is 2.56. The van der Waals surface area contributed by atoms with Crippen LogP contribution in [0.2, 0.25) is 0 Å². The quantitative estimate of drug-likeness (QED) is 0.755. The summed E-state index contributed by atoms with van der Waals surface area (Å²) < 4.78 is 2.30. The van der Waals surface area contributed by atoms with Crippen LogP contribution in [0.5, 0.6) is 0 Å². The zero-order valence-corrected chi connectivity index (χ0v) is 8.43.